The fraction of sp³-hybridized carbons (Fsp3) is 0.857. The average molecular weight is 175 g/mol. The van der Waals surface area contributed by atoms with Gasteiger partial charge < -0.3 is 10.5 Å². The fourth-order valence-corrected chi connectivity index (χ4v) is 2.68. The largest absolute Gasteiger partial charge is 0.435 e. The highest BCUT2D eigenvalue weighted by atomic mass is 28.3. The van der Waals surface area contributed by atoms with Gasteiger partial charge in [0.15, 0.2) is 9.04 Å². The Morgan fingerprint density at radius 2 is 2.18 bits per heavy atom. The SMILES string of the molecule is CCCC[SiH](O)CCC(N)=O. The minimum atomic E-state index is -1.58. The van der Waals surface area contributed by atoms with Crippen molar-refractivity contribution in [3.8, 4) is 0 Å². The van der Waals surface area contributed by atoms with Crippen molar-refractivity contribution in [1.29, 1.82) is 0 Å². The third kappa shape index (κ3) is 7.54. The monoisotopic (exact) mass is 175 g/mol. The van der Waals surface area contributed by atoms with Crippen molar-refractivity contribution in [1.82, 2.24) is 0 Å². The molecule has 0 heterocycles. The molecule has 11 heavy (non-hydrogen) atoms. The molecule has 1 amide bonds. The lowest BCUT2D eigenvalue weighted by atomic mass is 10.4. The molecule has 3 nitrogen and oxygen atoms in total. The number of hydrogen-bond donors (Lipinski definition) is 2. The van der Waals surface area contributed by atoms with Crippen LogP contribution in [0.15, 0.2) is 0 Å². The minimum Gasteiger partial charge on any atom is -0.435 e. The van der Waals surface area contributed by atoms with Crippen LogP contribution in [0.3, 0.4) is 0 Å². The first-order chi connectivity index (χ1) is 5.16. The van der Waals surface area contributed by atoms with E-state index >= 15 is 0 Å². The number of carbonyl (C=O) groups is 1. The highest BCUT2D eigenvalue weighted by Gasteiger charge is 2.07. The van der Waals surface area contributed by atoms with Crippen molar-refractivity contribution in [2.24, 2.45) is 5.73 Å². The second kappa shape index (κ2) is 6.36. The molecular formula is C7H17NO2Si. The van der Waals surface area contributed by atoms with Crippen LogP contribution < -0.4 is 5.73 Å². The Bertz CT molecular complexity index is 119. The van der Waals surface area contributed by atoms with Gasteiger partial charge in [-0.3, -0.25) is 4.79 Å². The van der Waals surface area contributed by atoms with E-state index in [0.29, 0.717) is 12.5 Å². The van der Waals surface area contributed by atoms with Crippen molar-refractivity contribution in [2.75, 3.05) is 0 Å². The molecule has 0 saturated heterocycles. The van der Waals surface area contributed by atoms with E-state index in [2.05, 4.69) is 6.92 Å². The molecule has 1 unspecified atom stereocenters. The first-order valence-electron chi connectivity index (χ1n) is 4.13. The van der Waals surface area contributed by atoms with Gasteiger partial charge in [0.25, 0.3) is 0 Å². The van der Waals surface area contributed by atoms with Crippen LogP contribution >= 0.6 is 0 Å². The molecular weight excluding hydrogens is 158 g/mol. The van der Waals surface area contributed by atoms with Crippen LogP contribution in [0.1, 0.15) is 26.2 Å². The van der Waals surface area contributed by atoms with Gasteiger partial charge in [0, 0.05) is 6.42 Å². The van der Waals surface area contributed by atoms with E-state index in [1.165, 1.54) is 0 Å². The predicted octanol–water partition coefficient (Wildman–Crippen LogP) is 0.378. The molecule has 66 valence electrons. The van der Waals surface area contributed by atoms with Crippen molar-refractivity contribution in [3.05, 3.63) is 0 Å². The summed E-state index contributed by atoms with van der Waals surface area (Å²) in [6.45, 7) is 2.09. The normalized spacial score (nSPS) is 12.9. The van der Waals surface area contributed by atoms with Crippen molar-refractivity contribution < 1.29 is 9.59 Å². The Kier molecular flexibility index (Phi) is 6.16. The number of nitrogens with two attached hydrogens (primary N) is 1. The Labute approximate surface area is 69.3 Å². The van der Waals surface area contributed by atoms with Gasteiger partial charge in [0.1, 0.15) is 0 Å². The molecule has 0 rings (SSSR count). The zero-order chi connectivity index (χ0) is 8.69. The topological polar surface area (TPSA) is 63.3 Å². The lowest BCUT2D eigenvalue weighted by Crippen LogP contribution is -2.17. The molecule has 0 saturated carbocycles. The summed E-state index contributed by atoms with van der Waals surface area (Å²) in [5.41, 5.74) is 4.94. The number of hydrogen-bond acceptors (Lipinski definition) is 2. The van der Waals surface area contributed by atoms with Crippen LogP contribution in [0.4, 0.5) is 0 Å². The lowest BCUT2D eigenvalue weighted by molar-refractivity contribution is -0.117. The van der Waals surface area contributed by atoms with Crippen LogP contribution in [0.5, 0.6) is 0 Å². The Balaban J connectivity index is 3.22. The molecule has 0 aromatic rings. The molecule has 0 spiro atoms. The molecule has 0 aromatic carbocycles. The summed E-state index contributed by atoms with van der Waals surface area (Å²) in [6, 6.07) is 1.57. The average Bonchev–Trinajstić information content (AvgIpc) is 1.97. The summed E-state index contributed by atoms with van der Waals surface area (Å²) >= 11 is 0. The van der Waals surface area contributed by atoms with Crippen molar-refractivity contribution >= 4 is 14.9 Å². The number of rotatable bonds is 6. The van der Waals surface area contributed by atoms with Crippen LogP contribution in [-0.4, -0.2) is 19.7 Å². The van der Waals surface area contributed by atoms with Gasteiger partial charge >= 0.3 is 0 Å². The molecule has 3 N–H and O–H groups in total. The zero-order valence-electron chi connectivity index (χ0n) is 7.05. The maximum absolute atomic E-state index is 10.3. The highest BCUT2D eigenvalue weighted by Crippen LogP contribution is 2.04. The standard InChI is InChI=1S/C7H17NO2Si/c1-2-3-5-11(10)6-4-7(8)9/h10-11H,2-6H2,1H3,(H2,8,9). The second-order valence-electron chi connectivity index (χ2n) is 2.80. The Morgan fingerprint density at radius 3 is 2.64 bits per heavy atom. The molecule has 0 bridgehead atoms. The smallest absolute Gasteiger partial charge is 0.217 e. The van der Waals surface area contributed by atoms with E-state index in [9.17, 15) is 9.59 Å². The van der Waals surface area contributed by atoms with E-state index in [-0.39, 0.29) is 5.91 Å². The minimum absolute atomic E-state index is 0.298. The molecule has 0 fully saturated rings. The third-order valence-corrected chi connectivity index (χ3v) is 3.64. The second-order valence-corrected chi connectivity index (χ2v) is 5.26. The molecule has 0 radical (unpaired) electrons. The number of primary amides is 1. The van der Waals surface area contributed by atoms with E-state index in [4.69, 9.17) is 5.73 Å². The number of unbranched alkanes of at least 4 members (excludes halogenated alkanes) is 1. The maximum atomic E-state index is 10.3. The summed E-state index contributed by atoms with van der Waals surface area (Å²) in [4.78, 5) is 19.7. The van der Waals surface area contributed by atoms with E-state index < -0.39 is 9.04 Å². The molecule has 0 aromatic heterocycles. The van der Waals surface area contributed by atoms with E-state index in [1.54, 1.807) is 0 Å². The quantitative estimate of drug-likeness (QED) is 0.573. The van der Waals surface area contributed by atoms with Gasteiger partial charge in [-0.15, -0.1) is 0 Å². The van der Waals surface area contributed by atoms with Gasteiger partial charge in [0.2, 0.25) is 5.91 Å². The molecule has 0 aliphatic heterocycles. The molecule has 0 aliphatic carbocycles. The van der Waals surface area contributed by atoms with Crippen LogP contribution in [-0.2, 0) is 4.79 Å². The van der Waals surface area contributed by atoms with Crippen LogP contribution in [0.25, 0.3) is 0 Å². The molecule has 4 heteroatoms. The summed E-state index contributed by atoms with van der Waals surface area (Å²) in [5.74, 6) is -0.298. The number of carbonyl (C=O) groups excluding carboxylic acids is 1. The van der Waals surface area contributed by atoms with Gasteiger partial charge in [0.05, 0.1) is 0 Å². The molecule has 1 atom stereocenters. The predicted molar refractivity (Wildman–Crippen MR) is 47.7 cm³/mol. The maximum Gasteiger partial charge on any atom is 0.217 e. The van der Waals surface area contributed by atoms with Gasteiger partial charge in [-0.25, -0.2) is 0 Å². The lowest BCUT2D eigenvalue weighted by Gasteiger charge is -2.04. The van der Waals surface area contributed by atoms with E-state index in [1.807, 2.05) is 0 Å². The summed E-state index contributed by atoms with van der Waals surface area (Å²) in [6.07, 6.45) is 2.55. The highest BCUT2D eigenvalue weighted by molar-refractivity contribution is 6.50. The van der Waals surface area contributed by atoms with Gasteiger partial charge in [-0.05, 0) is 12.1 Å². The van der Waals surface area contributed by atoms with Crippen molar-refractivity contribution in [3.63, 3.8) is 0 Å². The molecule has 0 aliphatic rings. The third-order valence-electron chi connectivity index (χ3n) is 1.61. The van der Waals surface area contributed by atoms with Gasteiger partial charge in [-0.2, -0.15) is 0 Å². The summed E-state index contributed by atoms with van der Waals surface area (Å²) < 4.78 is 0. The zero-order valence-corrected chi connectivity index (χ0v) is 8.20. The fourth-order valence-electron chi connectivity index (χ4n) is 0.893. The first-order valence-corrected chi connectivity index (χ1v) is 6.28. The summed E-state index contributed by atoms with van der Waals surface area (Å²) in [7, 11) is -1.58. The van der Waals surface area contributed by atoms with Crippen molar-refractivity contribution in [2.45, 2.75) is 38.3 Å². The number of amides is 1. The van der Waals surface area contributed by atoms with Crippen LogP contribution in [0.2, 0.25) is 12.1 Å². The Morgan fingerprint density at radius 1 is 1.55 bits per heavy atom. The van der Waals surface area contributed by atoms with E-state index in [0.717, 1.165) is 18.9 Å². The Hall–Kier alpha value is -0.353. The summed E-state index contributed by atoms with van der Waals surface area (Å²) in [5, 5.41) is 0. The van der Waals surface area contributed by atoms with Crippen LogP contribution in [0, 0.1) is 0 Å². The first kappa shape index (κ1) is 10.6. The van der Waals surface area contributed by atoms with Gasteiger partial charge in [-0.1, -0.05) is 19.8 Å².